The zero-order chi connectivity index (χ0) is 5.98. The van der Waals surface area contributed by atoms with Crippen LogP contribution in [0.1, 0.15) is 5.69 Å². The first-order valence-electron chi connectivity index (χ1n) is 2.47. The van der Waals surface area contributed by atoms with Gasteiger partial charge in [0.2, 0.25) is 0 Å². The standard InChI is InChI=1S/C6H6N.Sn.H/c1-6-4-2-3-5-7-6;;/h3-5H,1H3;;. The van der Waals surface area contributed by atoms with Crippen LogP contribution in [0.4, 0.5) is 0 Å². The minimum absolute atomic E-state index is 1.12. The Morgan fingerprint density at radius 1 is 1.62 bits per heavy atom. The van der Waals surface area contributed by atoms with Crippen molar-refractivity contribution < 1.29 is 0 Å². The van der Waals surface area contributed by atoms with E-state index in [-0.39, 0.29) is 0 Å². The molecular formula is C6H7NSn. The molecule has 1 nitrogen and oxygen atoms in total. The van der Waals surface area contributed by atoms with E-state index in [9.17, 15) is 0 Å². The zero-order valence-corrected chi connectivity index (χ0v) is 8.05. The first-order valence-corrected chi connectivity index (χ1v) is 4.12. The molecule has 0 saturated heterocycles. The van der Waals surface area contributed by atoms with E-state index in [1.165, 1.54) is 26.1 Å². The summed E-state index contributed by atoms with van der Waals surface area (Å²) in [5.74, 6) is 0. The molecule has 0 spiro atoms. The van der Waals surface area contributed by atoms with E-state index in [1.54, 1.807) is 0 Å². The van der Waals surface area contributed by atoms with E-state index in [1.807, 2.05) is 13.1 Å². The Kier molecular flexibility index (Phi) is 1.89. The summed E-state index contributed by atoms with van der Waals surface area (Å²) in [7, 11) is 0. The number of aromatic nitrogens is 1. The van der Waals surface area contributed by atoms with E-state index in [0.29, 0.717) is 0 Å². The molecule has 40 valence electrons. The minimum atomic E-state index is 1.12. The second kappa shape index (κ2) is 2.48. The average Bonchev–Trinajstić information content (AvgIpc) is 1.64. The molecule has 0 fully saturated rings. The van der Waals surface area contributed by atoms with Crippen LogP contribution in [0.3, 0.4) is 0 Å². The van der Waals surface area contributed by atoms with E-state index >= 15 is 0 Å². The average molecular weight is 212 g/mol. The van der Waals surface area contributed by atoms with Crippen molar-refractivity contribution in [3.63, 3.8) is 0 Å². The summed E-state index contributed by atoms with van der Waals surface area (Å²) in [6, 6.07) is 4.16. The summed E-state index contributed by atoms with van der Waals surface area (Å²) in [5.41, 5.74) is 1.12. The molecule has 1 rings (SSSR count). The third-order valence-electron chi connectivity index (χ3n) is 0.921. The van der Waals surface area contributed by atoms with Crippen molar-refractivity contribution in [1.29, 1.82) is 0 Å². The third-order valence-corrected chi connectivity index (χ3v) is 1.95. The number of aryl methyl sites for hydroxylation is 1. The number of pyridine rings is 1. The number of hydrogen-bond donors (Lipinski definition) is 0. The van der Waals surface area contributed by atoms with Gasteiger partial charge in [-0.25, -0.2) is 0 Å². The van der Waals surface area contributed by atoms with E-state index < -0.39 is 0 Å². The van der Waals surface area contributed by atoms with Gasteiger partial charge in [-0.3, -0.25) is 0 Å². The van der Waals surface area contributed by atoms with Gasteiger partial charge < -0.3 is 0 Å². The van der Waals surface area contributed by atoms with Crippen molar-refractivity contribution in [1.82, 2.24) is 4.98 Å². The Morgan fingerprint density at radius 3 is 2.75 bits per heavy atom. The second-order valence-corrected chi connectivity index (χ2v) is 3.63. The van der Waals surface area contributed by atoms with Gasteiger partial charge >= 0.3 is 62.0 Å². The van der Waals surface area contributed by atoms with Gasteiger partial charge in [0.25, 0.3) is 0 Å². The first kappa shape index (κ1) is 6.07. The van der Waals surface area contributed by atoms with Gasteiger partial charge in [0.1, 0.15) is 0 Å². The molecule has 2 heteroatoms. The summed E-state index contributed by atoms with van der Waals surface area (Å²) < 4.78 is 1.41. The van der Waals surface area contributed by atoms with Crippen molar-refractivity contribution in [3.8, 4) is 0 Å². The van der Waals surface area contributed by atoms with E-state index in [0.717, 1.165) is 5.69 Å². The van der Waals surface area contributed by atoms with Gasteiger partial charge in [0.15, 0.2) is 0 Å². The normalized spacial score (nSPS) is 9.25. The molecule has 8 heavy (non-hydrogen) atoms. The van der Waals surface area contributed by atoms with Gasteiger partial charge in [0.05, 0.1) is 0 Å². The Bertz CT molecular complexity index is 168. The topological polar surface area (TPSA) is 12.9 Å². The second-order valence-electron chi connectivity index (χ2n) is 1.73. The van der Waals surface area contributed by atoms with Gasteiger partial charge in [-0.05, 0) is 0 Å². The van der Waals surface area contributed by atoms with Gasteiger partial charge in [0, 0.05) is 0 Å². The molecule has 1 aromatic rings. The fraction of sp³-hybridized carbons (Fsp3) is 0.167. The molecule has 0 unspecified atom stereocenters. The van der Waals surface area contributed by atoms with Crippen LogP contribution in [0.25, 0.3) is 0 Å². The molecule has 0 aromatic carbocycles. The molecule has 0 amide bonds. The molecule has 2 radical (unpaired) electrons. The van der Waals surface area contributed by atoms with Crippen LogP contribution in [0, 0.1) is 6.92 Å². The summed E-state index contributed by atoms with van der Waals surface area (Å²) in [5, 5.41) is 0. The quantitative estimate of drug-likeness (QED) is 0.548. The van der Waals surface area contributed by atoms with E-state index in [2.05, 4.69) is 17.1 Å². The third kappa shape index (κ3) is 1.47. The Morgan fingerprint density at radius 2 is 2.38 bits per heavy atom. The molecule has 0 aliphatic heterocycles. The van der Waals surface area contributed by atoms with Crippen molar-refractivity contribution in [2.24, 2.45) is 0 Å². The Hall–Kier alpha value is -0.0513. The molecule has 0 aliphatic rings. The molecule has 0 atom stereocenters. The summed E-state index contributed by atoms with van der Waals surface area (Å²) in [6.45, 7) is 2.01. The molecule has 0 aliphatic carbocycles. The molecular weight excluding hydrogens is 205 g/mol. The van der Waals surface area contributed by atoms with Gasteiger partial charge in [-0.15, -0.1) is 0 Å². The van der Waals surface area contributed by atoms with E-state index in [4.69, 9.17) is 0 Å². The maximum atomic E-state index is 4.06. The van der Waals surface area contributed by atoms with Crippen LogP contribution in [-0.2, 0) is 0 Å². The zero-order valence-electron chi connectivity index (χ0n) is 4.76. The van der Waals surface area contributed by atoms with Crippen LogP contribution in [0.5, 0.6) is 0 Å². The Labute approximate surface area is 62.2 Å². The maximum absolute atomic E-state index is 4.06. The molecule has 0 N–H and O–H groups in total. The van der Waals surface area contributed by atoms with Crippen molar-refractivity contribution in [3.05, 3.63) is 24.0 Å². The number of rotatable bonds is 0. The number of nitrogens with zero attached hydrogens (tertiary/aromatic N) is 1. The SMILES string of the molecule is Cc1c[c]([SnH])ccn1. The van der Waals surface area contributed by atoms with Crippen molar-refractivity contribution in [2.75, 3.05) is 0 Å². The van der Waals surface area contributed by atoms with Crippen molar-refractivity contribution >= 4 is 26.1 Å². The molecule has 1 heterocycles. The monoisotopic (exact) mass is 213 g/mol. The summed E-state index contributed by atoms with van der Waals surface area (Å²) in [4.78, 5) is 4.06. The predicted octanol–water partition coefficient (Wildman–Crippen LogP) is -0.0839. The van der Waals surface area contributed by atoms with Crippen LogP contribution in [-0.4, -0.2) is 27.5 Å². The first-order chi connectivity index (χ1) is 3.79. The fourth-order valence-corrected chi connectivity index (χ4v) is 1.50. The van der Waals surface area contributed by atoms with Crippen LogP contribution < -0.4 is 3.58 Å². The Balaban J connectivity index is 3.08. The van der Waals surface area contributed by atoms with Crippen LogP contribution >= 0.6 is 0 Å². The van der Waals surface area contributed by atoms with Crippen LogP contribution in [0.2, 0.25) is 0 Å². The summed E-state index contributed by atoms with van der Waals surface area (Å²) in [6.07, 6.45) is 1.86. The van der Waals surface area contributed by atoms with Gasteiger partial charge in [-0.2, -0.15) is 0 Å². The molecule has 1 aromatic heterocycles. The van der Waals surface area contributed by atoms with Crippen LogP contribution in [0.15, 0.2) is 18.3 Å². The number of hydrogen-bond acceptors (Lipinski definition) is 1. The fourth-order valence-electron chi connectivity index (χ4n) is 0.567. The predicted molar refractivity (Wildman–Crippen MR) is 35.8 cm³/mol. The molecule has 0 saturated carbocycles. The van der Waals surface area contributed by atoms with Gasteiger partial charge in [-0.1, -0.05) is 0 Å². The van der Waals surface area contributed by atoms with Crippen molar-refractivity contribution in [2.45, 2.75) is 6.92 Å². The summed E-state index contributed by atoms with van der Waals surface area (Å²) >= 11 is 1.19. The molecule has 0 bridgehead atoms.